The van der Waals surface area contributed by atoms with Crippen molar-refractivity contribution in [3.8, 4) is 0 Å². The number of hydrogen-bond donors (Lipinski definition) is 0. The normalized spacial score (nSPS) is 17.1. The summed E-state index contributed by atoms with van der Waals surface area (Å²) in [5.41, 5.74) is 2.92. The maximum atomic E-state index is 4.56. The molecule has 0 saturated heterocycles. The zero-order chi connectivity index (χ0) is 10.3. The van der Waals surface area contributed by atoms with Gasteiger partial charge in [0.2, 0.25) is 0 Å². The third kappa shape index (κ3) is 2.00. The molecule has 1 aliphatic carbocycles. The first-order valence-electron chi connectivity index (χ1n) is 5.14. The fourth-order valence-corrected chi connectivity index (χ4v) is 2.06. The van der Waals surface area contributed by atoms with Gasteiger partial charge in [0, 0.05) is 22.3 Å². The van der Waals surface area contributed by atoms with Gasteiger partial charge in [-0.2, -0.15) is 0 Å². The van der Waals surface area contributed by atoms with Crippen molar-refractivity contribution in [2.75, 3.05) is 0 Å². The van der Waals surface area contributed by atoms with E-state index >= 15 is 0 Å². The average molecular weight is 254 g/mol. The standard InChI is InChI=1S/C12H16BrN/c1-12(2,3)10-6-9(13)7-14-11(10)8-4-5-8/h6-8H,4-5H2,1-3H3. The van der Waals surface area contributed by atoms with Crippen LogP contribution in [0.1, 0.15) is 50.8 Å². The molecule has 2 heteroatoms. The Morgan fingerprint density at radius 2 is 2.00 bits per heavy atom. The smallest absolute Gasteiger partial charge is 0.0472 e. The molecule has 76 valence electrons. The first-order valence-corrected chi connectivity index (χ1v) is 5.93. The summed E-state index contributed by atoms with van der Waals surface area (Å²) < 4.78 is 1.09. The van der Waals surface area contributed by atoms with Crippen molar-refractivity contribution in [2.45, 2.75) is 44.9 Å². The molecule has 14 heavy (non-hydrogen) atoms. The van der Waals surface area contributed by atoms with E-state index < -0.39 is 0 Å². The van der Waals surface area contributed by atoms with E-state index in [0.717, 1.165) is 10.4 Å². The van der Waals surface area contributed by atoms with Crippen LogP contribution in [0, 0.1) is 0 Å². The van der Waals surface area contributed by atoms with Gasteiger partial charge >= 0.3 is 0 Å². The molecule has 0 atom stereocenters. The Hall–Kier alpha value is -0.370. The molecule has 0 bridgehead atoms. The van der Waals surface area contributed by atoms with Crippen molar-refractivity contribution in [3.05, 3.63) is 28.0 Å². The highest BCUT2D eigenvalue weighted by Gasteiger charge is 2.31. The van der Waals surface area contributed by atoms with Crippen molar-refractivity contribution in [1.29, 1.82) is 0 Å². The molecule has 1 aromatic heterocycles. The average Bonchev–Trinajstić information content (AvgIpc) is 2.85. The molecule has 1 heterocycles. The summed E-state index contributed by atoms with van der Waals surface area (Å²) in [7, 11) is 0. The van der Waals surface area contributed by atoms with Crippen LogP contribution in [-0.4, -0.2) is 4.98 Å². The second kappa shape index (κ2) is 3.34. The van der Waals surface area contributed by atoms with Gasteiger partial charge in [-0.05, 0) is 45.8 Å². The second-order valence-electron chi connectivity index (χ2n) is 5.11. The van der Waals surface area contributed by atoms with Gasteiger partial charge in [-0.1, -0.05) is 20.8 Å². The number of aromatic nitrogens is 1. The Morgan fingerprint density at radius 3 is 2.50 bits per heavy atom. The molecule has 0 N–H and O–H groups in total. The minimum absolute atomic E-state index is 0.203. The summed E-state index contributed by atoms with van der Waals surface area (Å²) in [6.45, 7) is 6.76. The fraction of sp³-hybridized carbons (Fsp3) is 0.583. The number of halogens is 1. The van der Waals surface area contributed by atoms with Gasteiger partial charge in [-0.3, -0.25) is 4.98 Å². The topological polar surface area (TPSA) is 12.9 Å². The number of pyridine rings is 1. The Morgan fingerprint density at radius 1 is 1.36 bits per heavy atom. The third-order valence-electron chi connectivity index (χ3n) is 2.66. The van der Waals surface area contributed by atoms with Gasteiger partial charge in [0.25, 0.3) is 0 Å². The van der Waals surface area contributed by atoms with E-state index in [9.17, 15) is 0 Å². The van der Waals surface area contributed by atoms with E-state index in [0.29, 0.717) is 0 Å². The SMILES string of the molecule is CC(C)(C)c1cc(Br)cnc1C1CC1. The Labute approximate surface area is 94.1 Å². The zero-order valence-corrected chi connectivity index (χ0v) is 10.6. The van der Waals surface area contributed by atoms with Crippen molar-refractivity contribution < 1.29 is 0 Å². The van der Waals surface area contributed by atoms with Crippen LogP contribution in [0.5, 0.6) is 0 Å². The summed E-state index contributed by atoms with van der Waals surface area (Å²) in [4.78, 5) is 4.56. The van der Waals surface area contributed by atoms with Crippen LogP contribution < -0.4 is 0 Å². The summed E-state index contributed by atoms with van der Waals surface area (Å²) in [5, 5.41) is 0. The number of rotatable bonds is 1. The molecule has 1 nitrogen and oxygen atoms in total. The molecule has 0 aliphatic heterocycles. The second-order valence-corrected chi connectivity index (χ2v) is 6.03. The molecule has 1 fully saturated rings. The molecule has 1 saturated carbocycles. The highest BCUT2D eigenvalue weighted by atomic mass is 79.9. The predicted molar refractivity (Wildman–Crippen MR) is 62.6 cm³/mol. The molecule has 1 aliphatic rings. The van der Waals surface area contributed by atoms with Gasteiger partial charge in [0.1, 0.15) is 0 Å². The van der Waals surface area contributed by atoms with Crippen LogP contribution in [-0.2, 0) is 5.41 Å². The maximum Gasteiger partial charge on any atom is 0.0472 e. The van der Waals surface area contributed by atoms with Crippen LogP contribution in [0.25, 0.3) is 0 Å². The van der Waals surface area contributed by atoms with E-state index in [4.69, 9.17) is 0 Å². The first kappa shape index (κ1) is 10.2. The summed E-state index contributed by atoms with van der Waals surface area (Å²) in [6.07, 6.45) is 4.55. The van der Waals surface area contributed by atoms with Crippen LogP contribution >= 0.6 is 15.9 Å². The minimum Gasteiger partial charge on any atom is -0.260 e. The molecule has 0 amide bonds. The number of hydrogen-bond acceptors (Lipinski definition) is 1. The van der Waals surface area contributed by atoms with Gasteiger partial charge in [-0.25, -0.2) is 0 Å². The van der Waals surface area contributed by atoms with Crippen molar-refractivity contribution in [3.63, 3.8) is 0 Å². The Bertz CT molecular complexity index is 348. The van der Waals surface area contributed by atoms with Crippen LogP contribution in [0.3, 0.4) is 0 Å². The highest BCUT2D eigenvalue weighted by Crippen LogP contribution is 2.43. The lowest BCUT2D eigenvalue weighted by Crippen LogP contribution is -2.15. The van der Waals surface area contributed by atoms with E-state index in [-0.39, 0.29) is 5.41 Å². The lowest BCUT2D eigenvalue weighted by Gasteiger charge is -2.22. The molecule has 0 aromatic carbocycles. The Balaban J connectivity index is 2.48. The van der Waals surface area contributed by atoms with Gasteiger partial charge in [0.15, 0.2) is 0 Å². The fourth-order valence-electron chi connectivity index (χ4n) is 1.73. The summed E-state index contributed by atoms with van der Waals surface area (Å²) >= 11 is 3.50. The van der Waals surface area contributed by atoms with E-state index in [1.807, 2.05) is 6.20 Å². The van der Waals surface area contributed by atoms with Gasteiger partial charge in [0.05, 0.1) is 0 Å². The largest absolute Gasteiger partial charge is 0.260 e. The summed E-state index contributed by atoms with van der Waals surface area (Å²) in [5.74, 6) is 0.734. The Kier molecular flexibility index (Phi) is 2.42. The third-order valence-corrected chi connectivity index (χ3v) is 3.09. The lowest BCUT2D eigenvalue weighted by molar-refractivity contribution is 0.577. The van der Waals surface area contributed by atoms with Crippen molar-refractivity contribution in [1.82, 2.24) is 4.98 Å². The number of nitrogens with zero attached hydrogens (tertiary/aromatic N) is 1. The molecule has 2 rings (SSSR count). The van der Waals surface area contributed by atoms with E-state index in [1.54, 1.807) is 0 Å². The van der Waals surface area contributed by atoms with Crippen molar-refractivity contribution >= 4 is 15.9 Å². The summed E-state index contributed by atoms with van der Waals surface area (Å²) in [6, 6.07) is 2.22. The van der Waals surface area contributed by atoms with Gasteiger partial charge in [-0.15, -0.1) is 0 Å². The van der Waals surface area contributed by atoms with Gasteiger partial charge < -0.3 is 0 Å². The maximum absolute atomic E-state index is 4.56. The predicted octanol–water partition coefficient (Wildman–Crippen LogP) is 4.02. The molecule has 1 aromatic rings. The van der Waals surface area contributed by atoms with Crippen LogP contribution in [0.4, 0.5) is 0 Å². The minimum atomic E-state index is 0.203. The first-order chi connectivity index (χ1) is 6.48. The van der Waals surface area contributed by atoms with Crippen LogP contribution in [0.15, 0.2) is 16.7 Å². The molecule has 0 radical (unpaired) electrons. The molecule has 0 unspecified atom stereocenters. The molecular weight excluding hydrogens is 238 g/mol. The lowest BCUT2D eigenvalue weighted by atomic mass is 9.85. The molecular formula is C12H16BrN. The molecule has 0 spiro atoms. The quantitative estimate of drug-likeness (QED) is 0.737. The van der Waals surface area contributed by atoms with Crippen molar-refractivity contribution in [2.24, 2.45) is 0 Å². The van der Waals surface area contributed by atoms with E-state index in [2.05, 4.69) is 47.8 Å². The zero-order valence-electron chi connectivity index (χ0n) is 8.97. The van der Waals surface area contributed by atoms with Crippen LogP contribution in [0.2, 0.25) is 0 Å². The van der Waals surface area contributed by atoms with E-state index in [1.165, 1.54) is 24.1 Å². The monoisotopic (exact) mass is 253 g/mol. The highest BCUT2D eigenvalue weighted by molar-refractivity contribution is 9.10.